The average Bonchev–Trinajstić information content (AvgIpc) is 2.73. The van der Waals surface area contributed by atoms with Crippen LogP contribution in [0.15, 0.2) is 58.2 Å². The highest BCUT2D eigenvalue weighted by atomic mass is 16.5. The van der Waals surface area contributed by atoms with Crippen LogP contribution >= 0.6 is 0 Å². The van der Waals surface area contributed by atoms with Gasteiger partial charge in [0.2, 0.25) is 0 Å². The molecule has 1 aromatic carbocycles. The van der Waals surface area contributed by atoms with E-state index in [0.717, 1.165) is 6.42 Å². The van der Waals surface area contributed by atoms with Gasteiger partial charge in [-0.25, -0.2) is 4.79 Å². The first-order chi connectivity index (χ1) is 14.4. The van der Waals surface area contributed by atoms with Crippen molar-refractivity contribution in [2.45, 2.75) is 39.8 Å². The van der Waals surface area contributed by atoms with Crippen molar-refractivity contribution in [2.75, 3.05) is 17.7 Å². The van der Waals surface area contributed by atoms with Crippen LogP contribution in [-0.2, 0) is 17.9 Å². The average molecular weight is 412 g/mol. The molecule has 1 aromatic heterocycles. The third-order valence-corrected chi connectivity index (χ3v) is 4.55. The number of allylic oxidation sites excluding steroid dienone is 3. The molecule has 0 aliphatic carbocycles. The van der Waals surface area contributed by atoms with Crippen LogP contribution in [0.3, 0.4) is 0 Å². The maximum atomic E-state index is 13.0. The van der Waals surface area contributed by atoms with Gasteiger partial charge in [0.15, 0.2) is 5.69 Å². The van der Waals surface area contributed by atoms with Gasteiger partial charge in [0.1, 0.15) is 11.6 Å². The fraction of sp³-hybridized carbons (Fsp3) is 0.318. The first-order valence-electron chi connectivity index (χ1n) is 9.79. The first-order valence-corrected chi connectivity index (χ1v) is 9.79. The van der Waals surface area contributed by atoms with Gasteiger partial charge < -0.3 is 10.5 Å². The number of amides is 1. The molecule has 0 radical (unpaired) electrons. The van der Waals surface area contributed by atoms with Gasteiger partial charge in [-0.1, -0.05) is 49.8 Å². The molecule has 0 aliphatic heterocycles. The van der Waals surface area contributed by atoms with Crippen LogP contribution in [0.4, 0.5) is 11.5 Å². The van der Waals surface area contributed by atoms with E-state index in [2.05, 4.69) is 4.98 Å². The quantitative estimate of drug-likeness (QED) is 0.486. The van der Waals surface area contributed by atoms with Crippen LogP contribution in [-0.4, -0.2) is 22.6 Å². The fourth-order valence-electron chi connectivity index (χ4n) is 2.99. The topological polar surface area (TPSA) is 110 Å². The SMILES string of the molecule is CC=CC=CC(=O)N(Cc1ccccc1OC)c1c(N)n(CCCC)c(=O)[nH]c1=O. The summed E-state index contributed by atoms with van der Waals surface area (Å²) in [5.74, 6) is 0.0822. The van der Waals surface area contributed by atoms with E-state index in [1.54, 1.807) is 30.4 Å². The van der Waals surface area contributed by atoms with Crippen molar-refractivity contribution in [3.63, 3.8) is 0 Å². The van der Waals surface area contributed by atoms with Gasteiger partial charge in [0.05, 0.1) is 13.7 Å². The Labute approximate surface area is 175 Å². The molecule has 0 aliphatic rings. The summed E-state index contributed by atoms with van der Waals surface area (Å²) in [5.41, 5.74) is 5.54. The predicted molar refractivity (Wildman–Crippen MR) is 119 cm³/mol. The van der Waals surface area contributed by atoms with Crippen LogP contribution in [0.25, 0.3) is 0 Å². The van der Waals surface area contributed by atoms with E-state index in [1.165, 1.54) is 22.7 Å². The number of aromatic amines is 1. The molecular weight excluding hydrogens is 384 g/mol. The van der Waals surface area contributed by atoms with Crippen LogP contribution in [0.2, 0.25) is 0 Å². The number of nitrogen functional groups attached to an aromatic ring is 1. The Bertz CT molecular complexity index is 1050. The molecule has 0 saturated carbocycles. The molecule has 8 nitrogen and oxygen atoms in total. The molecule has 160 valence electrons. The molecule has 0 bridgehead atoms. The maximum Gasteiger partial charge on any atom is 0.330 e. The van der Waals surface area contributed by atoms with Crippen molar-refractivity contribution >= 4 is 17.4 Å². The summed E-state index contributed by atoms with van der Waals surface area (Å²) in [5, 5.41) is 0. The van der Waals surface area contributed by atoms with Crippen molar-refractivity contribution in [3.05, 3.63) is 75.0 Å². The Kier molecular flexibility index (Phi) is 8.22. The molecule has 2 aromatic rings. The Hall–Kier alpha value is -3.55. The summed E-state index contributed by atoms with van der Waals surface area (Å²) in [6.45, 7) is 4.20. The molecule has 1 heterocycles. The number of ether oxygens (including phenoxy) is 1. The summed E-state index contributed by atoms with van der Waals surface area (Å²) in [6, 6.07) is 7.19. The molecule has 3 N–H and O–H groups in total. The number of nitrogens with zero attached hydrogens (tertiary/aromatic N) is 2. The van der Waals surface area contributed by atoms with Gasteiger partial charge in [0.25, 0.3) is 11.5 Å². The molecular formula is C22H28N4O4. The van der Waals surface area contributed by atoms with E-state index in [9.17, 15) is 14.4 Å². The van der Waals surface area contributed by atoms with Crippen LogP contribution in [0.1, 0.15) is 32.3 Å². The highest BCUT2D eigenvalue weighted by Crippen LogP contribution is 2.24. The van der Waals surface area contributed by atoms with E-state index in [4.69, 9.17) is 10.5 Å². The van der Waals surface area contributed by atoms with Crippen LogP contribution in [0, 0.1) is 0 Å². The highest BCUT2D eigenvalue weighted by Gasteiger charge is 2.24. The van der Waals surface area contributed by atoms with Crippen molar-refractivity contribution < 1.29 is 9.53 Å². The van der Waals surface area contributed by atoms with Crippen LogP contribution in [0.5, 0.6) is 5.75 Å². The van der Waals surface area contributed by atoms with Gasteiger partial charge >= 0.3 is 5.69 Å². The number of hydrogen-bond acceptors (Lipinski definition) is 5. The monoisotopic (exact) mass is 412 g/mol. The number of rotatable bonds is 9. The molecule has 0 atom stereocenters. The smallest absolute Gasteiger partial charge is 0.330 e. The lowest BCUT2D eigenvalue weighted by Crippen LogP contribution is -2.40. The summed E-state index contributed by atoms with van der Waals surface area (Å²) in [4.78, 5) is 41.5. The number of nitrogens with one attached hydrogen (secondary N) is 1. The molecule has 30 heavy (non-hydrogen) atoms. The summed E-state index contributed by atoms with van der Waals surface area (Å²) in [6.07, 6.45) is 7.95. The van der Waals surface area contributed by atoms with E-state index in [1.807, 2.05) is 26.0 Å². The van der Waals surface area contributed by atoms with Gasteiger partial charge in [-0.15, -0.1) is 0 Å². The van der Waals surface area contributed by atoms with Gasteiger partial charge in [-0.3, -0.25) is 24.0 Å². The van der Waals surface area contributed by atoms with Gasteiger partial charge in [0, 0.05) is 18.2 Å². The number of benzene rings is 1. The van der Waals surface area contributed by atoms with Crippen LogP contribution < -0.4 is 26.6 Å². The molecule has 0 saturated heterocycles. The normalized spacial score (nSPS) is 11.3. The minimum Gasteiger partial charge on any atom is -0.496 e. The second kappa shape index (κ2) is 10.8. The van der Waals surface area contributed by atoms with Crippen molar-refractivity contribution in [1.29, 1.82) is 0 Å². The van der Waals surface area contributed by atoms with E-state index in [-0.39, 0.29) is 18.1 Å². The standard InChI is InChI=1S/C22H28N4O4/c1-4-6-8-13-18(27)26(15-16-11-9-10-12-17(16)30-3)19-20(23)25(14-7-5-2)22(29)24-21(19)28/h4,6,8-13H,5,7,14-15,23H2,1-3H3,(H,24,28,29). The maximum absolute atomic E-state index is 13.0. The lowest BCUT2D eigenvalue weighted by molar-refractivity contribution is -0.114. The molecule has 0 spiro atoms. The van der Waals surface area contributed by atoms with Gasteiger partial charge in [-0.05, 0) is 19.4 Å². The molecule has 2 rings (SSSR count). The number of para-hydroxylation sites is 1. The number of methoxy groups -OCH3 is 1. The molecule has 0 unspecified atom stereocenters. The third-order valence-electron chi connectivity index (χ3n) is 4.55. The Morgan fingerprint density at radius 1 is 1.27 bits per heavy atom. The number of nitrogens with two attached hydrogens (primary N) is 1. The number of hydrogen-bond donors (Lipinski definition) is 2. The zero-order chi connectivity index (χ0) is 22.1. The highest BCUT2D eigenvalue weighted by molar-refractivity contribution is 6.03. The zero-order valence-corrected chi connectivity index (χ0v) is 17.6. The van der Waals surface area contributed by atoms with E-state index >= 15 is 0 Å². The Balaban J connectivity index is 2.63. The Morgan fingerprint density at radius 3 is 2.67 bits per heavy atom. The summed E-state index contributed by atoms with van der Waals surface area (Å²) < 4.78 is 6.67. The minimum absolute atomic E-state index is 0.0418. The third kappa shape index (κ3) is 5.28. The number of aromatic nitrogens is 2. The van der Waals surface area contributed by atoms with Crippen molar-refractivity contribution in [1.82, 2.24) is 9.55 Å². The first kappa shape index (κ1) is 22.7. The van der Waals surface area contributed by atoms with E-state index < -0.39 is 17.2 Å². The largest absolute Gasteiger partial charge is 0.496 e. The summed E-state index contributed by atoms with van der Waals surface area (Å²) in [7, 11) is 1.53. The number of H-pyrrole nitrogens is 1. The zero-order valence-electron chi connectivity index (χ0n) is 17.6. The molecule has 1 amide bonds. The second-order valence-electron chi connectivity index (χ2n) is 6.62. The lowest BCUT2D eigenvalue weighted by Gasteiger charge is -2.24. The number of carbonyl (C=O) groups excluding carboxylic acids is 1. The second-order valence-corrected chi connectivity index (χ2v) is 6.62. The minimum atomic E-state index is -0.715. The predicted octanol–water partition coefficient (Wildman–Crippen LogP) is 2.59. The lowest BCUT2D eigenvalue weighted by atomic mass is 10.1. The van der Waals surface area contributed by atoms with Gasteiger partial charge in [-0.2, -0.15) is 0 Å². The van der Waals surface area contributed by atoms with Crippen molar-refractivity contribution in [2.24, 2.45) is 0 Å². The molecule has 0 fully saturated rings. The molecule has 8 heteroatoms. The van der Waals surface area contributed by atoms with Crippen molar-refractivity contribution in [3.8, 4) is 5.75 Å². The number of unbranched alkanes of at least 4 members (excludes halogenated alkanes) is 1. The fourth-order valence-corrected chi connectivity index (χ4v) is 2.99. The number of carbonyl (C=O) groups is 1. The summed E-state index contributed by atoms with van der Waals surface area (Å²) >= 11 is 0. The Morgan fingerprint density at radius 2 is 2.00 bits per heavy atom. The van der Waals surface area contributed by atoms with E-state index in [0.29, 0.717) is 24.3 Å². The number of anilines is 2.